The Hall–Kier alpha value is -1.30. The second-order valence-electron chi connectivity index (χ2n) is 5.90. The Morgan fingerprint density at radius 3 is 2.21 bits per heavy atom. The van der Waals surface area contributed by atoms with Gasteiger partial charge in [-0.25, -0.2) is 0 Å². The highest BCUT2D eigenvalue weighted by Gasteiger charge is 2.26. The Kier molecular flexibility index (Phi) is 8.53. The van der Waals surface area contributed by atoms with Crippen molar-refractivity contribution in [2.45, 2.75) is 32.2 Å². The van der Waals surface area contributed by atoms with Crippen LogP contribution in [-0.4, -0.2) is 53.8 Å². The minimum atomic E-state index is -0.420. The molecule has 7 heteroatoms. The molecule has 1 aromatic rings. The van der Waals surface area contributed by atoms with E-state index >= 15 is 0 Å². The van der Waals surface area contributed by atoms with Gasteiger partial charge in [-0.15, -0.1) is 12.4 Å². The molecule has 0 radical (unpaired) electrons. The van der Waals surface area contributed by atoms with Crippen LogP contribution in [0.3, 0.4) is 0 Å². The lowest BCUT2D eigenvalue weighted by Crippen LogP contribution is -2.54. The van der Waals surface area contributed by atoms with Crippen molar-refractivity contribution in [2.75, 3.05) is 26.2 Å². The molecule has 1 atom stereocenters. The van der Waals surface area contributed by atoms with Crippen LogP contribution in [0.25, 0.3) is 0 Å². The van der Waals surface area contributed by atoms with Crippen molar-refractivity contribution < 1.29 is 9.59 Å². The van der Waals surface area contributed by atoms with Crippen LogP contribution in [0.15, 0.2) is 24.3 Å². The van der Waals surface area contributed by atoms with Crippen LogP contribution >= 0.6 is 24.0 Å². The average molecular weight is 374 g/mol. The van der Waals surface area contributed by atoms with E-state index in [0.29, 0.717) is 44.0 Å². The third kappa shape index (κ3) is 5.65. The fourth-order valence-corrected chi connectivity index (χ4v) is 2.86. The number of hydrogen-bond donors (Lipinski definition) is 1. The van der Waals surface area contributed by atoms with Gasteiger partial charge in [0.25, 0.3) is 0 Å². The lowest BCUT2D eigenvalue weighted by Gasteiger charge is -2.36. The maximum atomic E-state index is 12.3. The smallest absolute Gasteiger partial charge is 0.239 e. The average Bonchev–Trinajstić information content (AvgIpc) is 2.56. The fourth-order valence-electron chi connectivity index (χ4n) is 2.73. The Bertz CT molecular complexity index is 543. The zero-order valence-corrected chi connectivity index (χ0v) is 15.5. The third-order valence-electron chi connectivity index (χ3n) is 4.13. The first-order valence-electron chi connectivity index (χ1n) is 8.08. The topological polar surface area (TPSA) is 66.6 Å². The van der Waals surface area contributed by atoms with Crippen LogP contribution in [0.1, 0.15) is 25.3 Å². The molecule has 134 valence electrons. The van der Waals surface area contributed by atoms with Gasteiger partial charge in [-0.3, -0.25) is 9.59 Å². The molecule has 2 N–H and O–H groups in total. The molecule has 0 bridgehead atoms. The molecule has 1 fully saturated rings. The van der Waals surface area contributed by atoms with Gasteiger partial charge >= 0.3 is 0 Å². The van der Waals surface area contributed by atoms with Gasteiger partial charge in [0.1, 0.15) is 0 Å². The lowest BCUT2D eigenvalue weighted by atomic mass is 10.1. The van der Waals surface area contributed by atoms with E-state index in [0.717, 1.165) is 12.0 Å². The Morgan fingerprint density at radius 1 is 1.12 bits per heavy atom. The summed E-state index contributed by atoms with van der Waals surface area (Å²) < 4.78 is 0. The maximum Gasteiger partial charge on any atom is 0.239 e. The van der Waals surface area contributed by atoms with Crippen molar-refractivity contribution in [3.8, 4) is 0 Å². The van der Waals surface area contributed by atoms with Gasteiger partial charge < -0.3 is 15.5 Å². The van der Waals surface area contributed by atoms with E-state index in [9.17, 15) is 9.59 Å². The molecule has 1 heterocycles. The van der Waals surface area contributed by atoms with E-state index < -0.39 is 6.04 Å². The Labute approximate surface area is 154 Å². The van der Waals surface area contributed by atoms with E-state index in [2.05, 4.69) is 0 Å². The monoisotopic (exact) mass is 373 g/mol. The molecule has 1 aromatic carbocycles. The number of nitrogens with zero attached hydrogens (tertiary/aromatic N) is 2. The predicted molar refractivity (Wildman–Crippen MR) is 98.4 cm³/mol. The van der Waals surface area contributed by atoms with E-state index in [1.807, 2.05) is 24.0 Å². The molecule has 1 saturated heterocycles. The summed E-state index contributed by atoms with van der Waals surface area (Å²) in [6, 6.07) is 6.88. The van der Waals surface area contributed by atoms with Gasteiger partial charge in [0.05, 0.1) is 12.5 Å². The van der Waals surface area contributed by atoms with Crippen molar-refractivity contribution in [2.24, 2.45) is 5.73 Å². The molecule has 1 unspecified atom stereocenters. The summed E-state index contributed by atoms with van der Waals surface area (Å²) in [5, 5.41) is 0.664. The van der Waals surface area contributed by atoms with E-state index in [-0.39, 0.29) is 24.2 Å². The fraction of sp³-hybridized carbons (Fsp3) is 0.529. The van der Waals surface area contributed by atoms with E-state index in [4.69, 9.17) is 17.3 Å². The SMILES string of the molecule is CCCC(N)C(=O)N1CCN(C(=O)Cc2ccc(Cl)cc2)CC1.Cl. The summed E-state index contributed by atoms with van der Waals surface area (Å²) in [6.07, 6.45) is 1.96. The van der Waals surface area contributed by atoms with Crippen molar-refractivity contribution in [1.82, 2.24) is 9.80 Å². The largest absolute Gasteiger partial charge is 0.339 e. The van der Waals surface area contributed by atoms with Crippen LogP contribution in [0.5, 0.6) is 0 Å². The quantitative estimate of drug-likeness (QED) is 0.859. The summed E-state index contributed by atoms with van der Waals surface area (Å²) in [7, 11) is 0. The first kappa shape index (κ1) is 20.7. The number of rotatable bonds is 5. The zero-order valence-electron chi connectivity index (χ0n) is 13.9. The lowest BCUT2D eigenvalue weighted by molar-refractivity contribution is -0.140. The van der Waals surface area contributed by atoms with Gasteiger partial charge in [0.2, 0.25) is 11.8 Å². The van der Waals surface area contributed by atoms with Crippen LogP contribution in [0, 0.1) is 0 Å². The number of nitrogens with two attached hydrogens (primary N) is 1. The molecular formula is C17H25Cl2N3O2. The van der Waals surface area contributed by atoms with Gasteiger partial charge in [-0.1, -0.05) is 37.1 Å². The molecule has 2 rings (SSSR count). The summed E-state index contributed by atoms with van der Waals surface area (Å²) >= 11 is 5.85. The molecular weight excluding hydrogens is 349 g/mol. The van der Waals surface area contributed by atoms with Crippen molar-refractivity contribution in [1.29, 1.82) is 0 Å². The number of hydrogen-bond acceptors (Lipinski definition) is 3. The van der Waals surface area contributed by atoms with Crippen molar-refractivity contribution in [3.05, 3.63) is 34.9 Å². The summed E-state index contributed by atoms with van der Waals surface area (Å²) in [6.45, 7) is 4.26. The van der Waals surface area contributed by atoms with Crippen LogP contribution < -0.4 is 5.73 Å². The molecule has 5 nitrogen and oxygen atoms in total. The first-order chi connectivity index (χ1) is 11.0. The summed E-state index contributed by atoms with van der Waals surface area (Å²) in [5.74, 6) is 0.0777. The zero-order chi connectivity index (χ0) is 16.8. The molecule has 1 aliphatic rings. The normalized spacial score (nSPS) is 15.6. The van der Waals surface area contributed by atoms with Gasteiger partial charge in [0.15, 0.2) is 0 Å². The predicted octanol–water partition coefficient (Wildman–Crippen LogP) is 2.10. The highest BCUT2D eigenvalue weighted by Crippen LogP contribution is 2.12. The molecule has 0 aliphatic carbocycles. The number of benzene rings is 1. The van der Waals surface area contributed by atoms with Gasteiger partial charge in [0, 0.05) is 31.2 Å². The third-order valence-corrected chi connectivity index (χ3v) is 4.38. The standard InChI is InChI=1S/C17H24ClN3O2.ClH/c1-2-3-15(19)17(23)21-10-8-20(9-11-21)16(22)12-13-4-6-14(18)7-5-13;/h4-7,15H,2-3,8-12,19H2,1H3;1H. The maximum absolute atomic E-state index is 12.3. The van der Waals surface area contributed by atoms with Crippen LogP contribution in [0.2, 0.25) is 5.02 Å². The Balaban J connectivity index is 0.00000288. The minimum Gasteiger partial charge on any atom is -0.339 e. The number of halogens is 2. The van der Waals surface area contributed by atoms with Crippen molar-refractivity contribution >= 4 is 35.8 Å². The van der Waals surface area contributed by atoms with Gasteiger partial charge in [-0.05, 0) is 24.1 Å². The molecule has 2 amide bonds. The van der Waals surface area contributed by atoms with E-state index in [1.165, 1.54) is 0 Å². The Morgan fingerprint density at radius 2 is 1.67 bits per heavy atom. The first-order valence-corrected chi connectivity index (χ1v) is 8.45. The number of carbonyl (C=O) groups is 2. The molecule has 0 spiro atoms. The number of piperazine rings is 1. The van der Waals surface area contributed by atoms with E-state index in [1.54, 1.807) is 17.0 Å². The molecule has 24 heavy (non-hydrogen) atoms. The second kappa shape index (κ2) is 9.87. The highest BCUT2D eigenvalue weighted by atomic mass is 35.5. The number of amides is 2. The molecule has 0 saturated carbocycles. The second-order valence-corrected chi connectivity index (χ2v) is 6.34. The van der Waals surface area contributed by atoms with Crippen molar-refractivity contribution in [3.63, 3.8) is 0 Å². The van der Waals surface area contributed by atoms with Crippen LogP contribution in [0.4, 0.5) is 0 Å². The number of carbonyl (C=O) groups excluding carboxylic acids is 2. The van der Waals surface area contributed by atoms with Gasteiger partial charge in [-0.2, -0.15) is 0 Å². The molecule has 0 aromatic heterocycles. The minimum absolute atomic E-state index is 0. The summed E-state index contributed by atoms with van der Waals surface area (Å²) in [4.78, 5) is 28.1. The highest BCUT2D eigenvalue weighted by molar-refractivity contribution is 6.30. The van der Waals surface area contributed by atoms with Crippen LogP contribution in [-0.2, 0) is 16.0 Å². The molecule has 1 aliphatic heterocycles. The summed E-state index contributed by atoms with van der Waals surface area (Å²) in [5.41, 5.74) is 6.83.